The zero-order valence-electron chi connectivity index (χ0n) is 14.9. The number of nitrogens with zero attached hydrogens (tertiary/aromatic N) is 2. The van der Waals surface area contributed by atoms with Crippen molar-refractivity contribution in [3.05, 3.63) is 47.3 Å². The number of carbonyl (C=O) groups is 1. The van der Waals surface area contributed by atoms with E-state index >= 15 is 0 Å². The van der Waals surface area contributed by atoms with Crippen molar-refractivity contribution in [2.24, 2.45) is 5.92 Å². The van der Waals surface area contributed by atoms with Crippen molar-refractivity contribution in [2.75, 3.05) is 7.11 Å². The molecule has 0 N–H and O–H groups in total. The minimum Gasteiger partial charge on any atom is -0.484 e. The van der Waals surface area contributed by atoms with Crippen LogP contribution in [0.4, 0.5) is 8.78 Å². The Morgan fingerprint density at radius 3 is 2.69 bits per heavy atom. The number of ether oxygens (including phenoxy) is 2. The van der Waals surface area contributed by atoms with Gasteiger partial charge in [0.1, 0.15) is 12.3 Å². The third kappa shape index (κ3) is 4.03. The van der Waals surface area contributed by atoms with E-state index in [0.29, 0.717) is 17.9 Å². The summed E-state index contributed by atoms with van der Waals surface area (Å²) in [5.41, 5.74) is 1.66. The Labute approximate surface area is 150 Å². The summed E-state index contributed by atoms with van der Waals surface area (Å²) in [5, 5.41) is 4.35. The second-order valence-electron chi connectivity index (χ2n) is 6.68. The Morgan fingerprint density at radius 1 is 1.35 bits per heavy atom. The lowest BCUT2D eigenvalue weighted by atomic mass is 10.1. The molecule has 1 atom stereocenters. The molecule has 0 spiro atoms. The molecule has 3 rings (SSSR count). The molecule has 1 unspecified atom stereocenters. The van der Waals surface area contributed by atoms with Crippen molar-refractivity contribution in [2.45, 2.75) is 45.3 Å². The molecule has 1 aliphatic rings. The Kier molecular flexibility index (Phi) is 5.25. The first-order valence-electron chi connectivity index (χ1n) is 8.60. The van der Waals surface area contributed by atoms with E-state index in [0.717, 1.165) is 5.56 Å². The van der Waals surface area contributed by atoms with Crippen molar-refractivity contribution >= 4 is 5.97 Å². The molecule has 0 bridgehead atoms. The molecule has 1 aromatic carbocycles. The van der Waals surface area contributed by atoms with Crippen molar-refractivity contribution in [1.29, 1.82) is 0 Å². The van der Waals surface area contributed by atoms with Crippen LogP contribution in [0.15, 0.2) is 30.3 Å². The fourth-order valence-electron chi connectivity index (χ4n) is 3.34. The van der Waals surface area contributed by atoms with Crippen molar-refractivity contribution < 1.29 is 23.0 Å². The van der Waals surface area contributed by atoms with E-state index in [1.54, 1.807) is 6.92 Å². The molecule has 0 amide bonds. The first-order valence-corrected chi connectivity index (χ1v) is 8.60. The Hall–Kier alpha value is -2.44. The first-order chi connectivity index (χ1) is 12.4. The first kappa shape index (κ1) is 18.4. The van der Waals surface area contributed by atoms with Gasteiger partial charge in [0.05, 0.1) is 7.11 Å². The maximum atomic E-state index is 13.5. The van der Waals surface area contributed by atoms with E-state index in [4.69, 9.17) is 9.47 Å². The Balaban J connectivity index is 1.82. The molecule has 0 aliphatic heterocycles. The molecular formula is C19H22F2N2O3. The molecule has 0 radical (unpaired) electrons. The minimum atomic E-state index is -2.63. The van der Waals surface area contributed by atoms with Gasteiger partial charge in [-0.3, -0.25) is 4.68 Å². The van der Waals surface area contributed by atoms with Gasteiger partial charge in [-0.15, -0.1) is 0 Å². The van der Waals surface area contributed by atoms with Crippen molar-refractivity contribution in [1.82, 2.24) is 9.78 Å². The standard InChI is InChI=1S/C19H22F2N2O3/c1-13-17(26-12-14-6-4-3-5-7-14)16(18(24)25-2)23(22-13)11-15-8-9-19(20,21)10-15/h3-7,15H,8-12H2,1-2H3. The van der Waals surface area contributed by atoms with Gasteiger partial charge in [0.25, 0.3) is 0 Å². The van der Waals surface area contributed by atoms with Crippen LogP contribution in [0.25, 0.3) is 0 Å². The summed E-state index contributed by atoms with van der Waals surface area (Å²) in [6.07, 6.45) is 0.0995. The summed E-state index contributed by atoms with van der Waals surface area (Å²) in [5.74, 6) is -3.11. The van der Waals surface area contributed by atoms with Crippen LogP contribution < -0.4 is 4.74 Å². The van der Waals surface area contributed by atoms with Gasteiger partial charge in [-0.1, -0.05) is 30.3 Å². The molecule has 5 nitrogen and oxygen atoms in total. The summed E-state index contributed by atoms with van der Waals surface area (Å²) in [6, 6.07) is 9.54. The average Bonchev–Trinajstić information content (AvgIpc) is 3.12. The van der Waals surface area contributed by atoms with Crippen molar-refractivity contribution in [3.8, 4) is 5.75 Å². The lowest BCUT2D eigenvalue weighted by molar-refractivity contribution is 0.00419. The van der Waals surface area contributed by atoms with Crippen LogP contribution in [0.5, 0.6) is 5.75 Å². The highest BCUT2D eigenvalue weighted by molar-refractivity contribution is 5.91. The molecule has 0 saturated heterocycles. The number of aryl methyl sites for hydroxylation is 1. The molecule has 1 fully saturated rings. The van der Waals surface area contributed by atoms with E-state index < -0.39 is 11.9 Å². The third-order valence-corrected chi connectivity index (χ3v) is 4.61. The molecule has 26 heavy (non-hydrogen) atoms. The largest absolute Gasteiger partial charge is 0.484 e. The predicted molar refractivity (Wildman–Crippen MR) is 91.4 cm³/mol. The number of aromatic nitrogens is 2. The van der Waals surface area contributed by atoms with Crippen LogP contribution in [-0.4, -0.2) is 28.8 Å². The summed E-state index contributed by atoms with van der Waals surface area (Å²) >= 11 is 0. The number of hydrogen-bond acceptors (Lipinski definition) is 4. The van der Waals surface area contributed by atoms with Crippen LogP contribution in [0.3, 0.4) is 0 Å². The highest BCUT2D eigenvalue weighted by atomic mass is 19.3. The van der Waals surface area contributed by atoms with E-state index in [-0.39, 0.29) is 37.6 Å². The van der Waals surface area contributed by atoms with E-state index in [1.165, 1.54) is 11.8 Å². The minimum absolute atomic E-state index is 0.122. The molecule has 1 aliphatic carbocycles. The Morgan fingerprint density at radius 2 is 2.08 bits per heavy atom. The monoisotopic (exact) mass is 364 g/mol. The maximum Gasteiger partial charge on any atom is 0.360 e. The fraction of sp³-hybridized carbons (Fsp3) is 0.474. The van der Waals surface area contributed by atoms with Crippen LogP contribution in [0.2, 0.25) is 0 Å². The third-order valence-electron chi connectivity index (χ3n) is 4.61. The van der Waals surface area contributed by atoms with Gasteiger partial charge in [0, 0.05) is 19.4 Å². The molecule has 2 aromatic rings. The Bertz CT molecular complexity index is 775. The van der Waals surface area contributed by atoms with Gasteiger partial charge >= 0.3 is 5.97 Å². The number of hydrogen-bond donors (Lipinski definition) is 0. The van der Waals surface area contributed by atoms with Gasteiger partial charge in [0.15, 0.2) is 11.4 Å². The normalized spacial score (nSPS) is 18.7. The topological polar surface area (TPSA) is 53.4 Å². The molecular weight excluding hydrogens is 342 g/mol. The van der Waals surface area contributed by atoms with Crippen LogP contribution in [0, 0.1) is 12.8 Å². The number of carbonyl (C=O) groups excluding carboxylic acids is 1. The number of halogens is 2. The van der Waals surface area contributed by atoms with Gasteiger partial charge < -0.3 is 9.47 Å². The SMILES string of the molecule is COC(=O)c1c(OCc2ccccc2)c(C)nn1CC1CCC(F)(F)C1. The summed E-state index contributed by atoms with van der Waals surface area (Å²) in [4.78, 5) is 12.3. The second-order valence-corrected chi connectivity index (χ2v) is 6.68. The van der Waals surface area contributed by atoms with Gasteiger partial charge in [-0.05, 0) is 24.8 Å². The number of alkyl halides is 2. The lowest BCUT2D eigenvalue weighted by Crippen LogP contribution is -2.18. The fourth-order valence-corrected chi connectivity index (χ4v) is 3.34. The zero-order chi connectivity index (χ0) is 18.7. The molecule has 1 heterocycles. The summed E-state index contributed by atoms with van der Waals surface area (Å²) in [6.45, 7) is 2.25. The predicted octanol–water partition coefficient (Wildman–Crippen LogP) is 3.99. The number of benzene rings is 1. The number of methoxy groups -OCH3 is 1. The quantitative estimate of drug-likeness (QED) is 0.727. The average molecular weight is 364 g/mol. The smallest absolute Gasteiger partial charge is 0.360 e. The molecule has 1 aromatic heterocycles. The number of esters is 1. The van der Waals surface area contributed by atoms with Gasteiger partial charge in [-0.25, -0.2) is 13.6 Å². The maximum absolute atomic E-state index is 13.5. The molecule has 1 saturated carbocycles. The van der Waals surface area contributed by atoms with Gasteiger partial charge in [-0.2, -0.15) is 5.10 Å². The van der Waals surface area contributed by atoms with E-state index in [2.05, 4.69) is 5.10 Å². The molecule has 7 heteroatoms. The van der Waals surface area contributed by atoms with Gasteiger partial charge in [0.2, 0.25) is 5.92 Å². The van der Waals surface area contributed by atoms with Crippen molar-refractivity contribution in [3.63, 3.8) is 0 Å². The van der Waals surface area contributed by atoms with E-state index in [1.807, 2.05) is 30.3 Å². The van der Waals surface area contributed by atoms with E-state index in [9.17, 15) is 13.6 Å². The van der Waals surface area contributed by atoms with Crippen LogP contribution >= 0.6 is 0 Å². The lowest BCUT2D eigenvalue weighted by Gasteiger charge is -2.13. The zero-order valence-corrected chi connectivity index (χ0v) is 14.9. The second kappa shape index (κ2) is 7.43. The van der Waals surface area contributed by atoms with Crippen LogP contribution in [0.1, 0.15) is 41.0 Å². The summed E-state index contributed by atoms with van der Waals surface area (Å²) < 4.78 is 39.1. The highest BCUT2D eigenvalue weighted by Gasteiger charge is 2.40. The highest BCUT2D eigenvalue weighted by Crippen LogP contribution is 2.40. The molecule has 140 valence electrons. The number of rotatable bonds is 6. The van der Waals surface area contributed by atoms with Crippen LogP contribution in [-0.2, 0) is 17.9 Å². The summed E-state index contributed by atoms with van der Waals surface area (Å²) in [7, 11) is 1.28.